The van der Waals surface area contributed by atoms with E-state index >= 15 is 0 Å². The van der Waals surface area contributed by atoms with Gasteiger partial charge in [-0.05, 0) is 77.0 Å². The van der Waals surface area contributed by atoms with Crippen LogP contribution in [0, 0.1) is 0 Å². The summed E-state index contributed by atoms with van der Waals surface area (Å²) in [6.45, 7) is 6.45. The van der Waals surface area contributed by atoms with E-state index in [1.54, 1.807) is 0 Å². The molecule has 0 bridgehead atoms. The van der Waals surface area contributed by atoms with E-state index in [1.807, 2.05) is 0 Å². The second-order valence-electron chi connectivity index (χ2n) is 18.1. The molecule has 0 saturated heterocycles. The summed E-state index contributed by atoms with van der Waals surface area (Å²) >= 11 is 0. The number of rotatable bonds is 49. The molecule has 0 aromatic heterocycles. The number of unbranched alkanes of at least 4 members (excludes halogenated alkanes) is 24. The van der Waals surface area contributed by atoms with Crippen molar-refractivity contribution >= 4 is 17.9 Å². The van der Waals surface area contributed by atoms with Crippen LogP contribution in [-0.2, 0) is 28.6 Å². The maximum Gasteiger partial charge on any atom is 0.306 e. The molecule has 6 nitrogen and oxygen atoms in total. The normalized spacial score (nSPS) is 12.7. The molecule has 66 heavy (non-hydrogen) atoms. The summed E-state index contributed by atoms with van der Waals surface area (Å²) in [7, 11) is 0. The first-order chi connectivity index (χ1) is 32.5. The number of carbonyl (C=O) groups is 3. The van der Waals surface area contributed by atoms with Crippen LogP contribution in [0.1, 0.15) is 258 Å². The minimum absolute atomic E-state index is 0.0757. The molecule has 0 amide bonds. The van der Waals surface area contributed by atoms with Gasteiger partial charge < -0.3 is 14.2 Å². The summed E-state index contributed by atoms with van der Waals surface area (Å²) in [5.74, 6) is -0.890. The Morgan fingerprint density at radius 3 is 0.924 bits per heavy atom. The molecule has 0 radical (unpaired) electrons. The third-order valence-corrected chi connectivity index (χ3v) is 11.7. The average molecular weight is 919 g/mol. The van der Waals surface area contributed by atoms with Gasteiger partial charge >= 0.3 is 17.9 Å². The molecule has 0 spiro atoms. The van der Waals surface area contributed by atoms with Crippen molar-refractivity contribution in [1.82, 2.24) is 0 Å². The van der Waals surface area contributed by atoms with Crippen LogP contribution in [0.2, 0.25) is 0 Å². The third kappa shape index (κ3) is 51.6. The van der Waals surface area contributed by atoms with Crippen LogP contribution >= 0.6 is 0 Å². The molecule has 0 aliphatic heterocycles. The van der Waals surface area contributed by atoms with Crippen LogP contribution in [0.4, 0.5) is 0 Å². The molecule has 6 heteroatoms. The van der Waals surface area contributed by atoms with Crippen molar-refractivity contribution in [3.63, 3.8) is 0 Å². The summed E-state index contributed by atoms with van der Waals surface area (Å²) in [6.07, 6.45) is 70.4. The maximum atomic E-state index is 12.7. The fourth-order valence-corrected chi connectivity index (χ4v) is 7.54. The summed E-state index contributed by atoms with van der Waals surface area (Å²) < 4.78 is 16.7. The fraction of sp³-hybridized carbons (Fsp3) is 0.717. The van der Waals surface area contributed by atoms with Crippen LogP contribution in [0.5, 0.6) is 0 Å². The SMILES string of the molecule is CC/C=C\C/C=C\C/C=C\C/C=C\C/C=C\C/C=C\C/C=C\CCCCCCCCCCCC(=O)OCC(COC(=O)CCCCCCCC)OC(=O)CCCCCCCCCCCCC. The first-order valence-electron chi connectivity index (χ1n) is 27.6. The van der Waals surface area contributed by atoms with Crippen molar-refractivity contribution in [2.45, 2.75) is 264 Å². The second kappa shape index (κ2) is 54.2. The van der Waals surface area contributed by atoms with E-state index < -0.39 is 6.10 Å². The van der Waals surface area contributed by atoms with Crippen molar-refractivity contribution in [3.8, 4) is 0 Å². The van der Waals surface area contributed by atoms with Gasteiger partial charge in [-0.3, -0.25) is 14.4 Å². The fourth-order valence-electron chi connectivity index (χ4n) is 7.54. The Hall–Kier alpha value is -3.41. The zero-order valence-corrected chi connectivity index (χ0v) is 43.2. The molecule has 0 aromatic rings. The van der Waals surface area contributed by atoms with E-state index in [-0.39, 0.29) is 31.1 Å². The largest absolute Gasteiger partial charge is 0.462 e. The summed E-state index contributed by atoms with van der Waals surface area (Å²) in [4.78, 5) is 37.7. The molecule has 378 valence electrons. The highest BCUT2D eigenvalue weighted by Gasteiger charge is 2.19. The molecular formula is C60H102O6. The zero-order chi connectivity index (χ0) is 47.9. The first-order valence-corrected chi connectivity index (χ1v) is 27.6. The average Bonchev–Trinajstić information content (AvgIpc) is 3.31. The minimum atomic E-state index is -0.771. The number of ether oxygens (including phenoxy) is 3. The lowest BCUT2D eigenvalue weighted by Crippen LogP contribution is -2.30. The number of esters is 3. The van der Waals surface area contributed by atoms with Crippen LogP contribution in [0.3, 0.4) is 0 Å². The maximum absolute atomic E-state index is 12.7. The molecule has 0 rings (SSSR count). The van der Waals surface area contributed by atoms with Gasteiger partial charge in [-0.2, -0.15) is 0 Å². The minimum Gasteiger partial charge on any atom is -0.462 e. The highest BCUT2D eigenvalue weighted by Crippen LogP contribution is 2.15. The number of allylic oxidation sites excluding steroid dienone is 14. The van der Waals surface area contributed by atoms with Crippen molar-refractivity contribution in [1.29, 1.82) is 0 Å². The Labute approximate surface area is 407 Å². The van der Waals surface area contributed by atoms with Crippen molar-refractivity contribution in [2.75, 3.05) is 13.2 Å². The molecule has 0 heterocycles. The second-order valence-corrected chi connectivity index (χ2v) is 18.1. The Morgan fingerprint density at radius 1 is 0.318 bits per heavy atom. The zero-order valence-electron chi connectivity index (χ0n) is 43.2. The van der Waals surface area contributed by atoms with Gasteiger partial charge in [0, 0.05) is 19.3 Å². The summed E-state index contributed by atoms with van der Waals surface area (Å²) in [5.41, 5.74) is 0. The molecule has 0 aliphatic rings. The van der Waals surface area contributed by atoms with Gasteiger partial charge in [-0.1, -0.05) is 247 Å². The molecule has 1 unspecified atom stereocenters. The van der Waals surface area contributed by atoms with E-state index in [1.165, 1.54) is 109 Å². The Morgan fingerprint density at radius 2 is 0.591 bits per heavy atom. The van der Waals surface area contributed by atoms with E-state index in [9.17, 15) is 14.4 Å². The van der Waals surface area contributed by atoms with Gasteiger partial charge in [-0.15, -0.1) is 0 Å². The third-order valence-electron chi connectivity index (χ3n) is 11.7. The van der Waals surface area contributed by atoms with Gasteiger partial charge in [0.25, 0.3) is 0 Å². The van der Waals surface area contributed by atoms with Crippen molar-refractivity contribution in [3.05, 3.63) is 85.1 Å². The van der Waals surface area contributed by atoms with Gasteiger partial charge in [0.1, 0.15) is 13.2 Å². The Bertz CT molecular complexity index is 1290. The topological polar surface area (TPSA) is 78.9 Å². The highest BCUT2D eigenvalue weighted by molar-refractivity contribution is 5.71. The van der Waals surface area contributed by atoms with Crippen LogP contribution < -0.4 is 0 Å². The Balaban J connectivity index is 4.06. The molecule has 0 fully saturated rings. The van der Waals surface area contributed by atoms with Crippen molar-refractivity contribution < 1.29 is 28.6 Å². The predicted octanol–water partition coefficient (Wildman–Crippen LogP) is 18.4. The highest BCUT2D eigenvalue weighted by atomic mass is 16.6. The molecule has 1 atom stereocenters. The van der Waals surface area contributed by atoms with Gasteiger partial charge in [-0.25, -0.2) is 0 Å². The monoisotopic (exact) mass is 919 g/mol. The lowest BCUT2D eigenvalue weighted by Gasteiger charge is -2.18. The van der Waals surface area contributed by atoms with Crippen LogP contribution in [0.25, 0.3) is 0 Å². The first kappa shape index (κ1) is 62.6. The molecule has 0 aliphatic carbocycles. The van der Waals surface area contributed by atoms with E-state index in [0.717, 1.165) is 109 Å². The summed E-state index contributed by atoms with van der Waals surface area (Å²) in [6, 6.07) is 0. The predicted molar refractivity (Wildman–Crippen MR) is 284 cm³/mol. The quantitative estimate of drug-likeness (QED) is 0.0262. The van der Waals surface area contributed by atoms with Crippen molar-refractivity contribution in [2.24, 2.45) is 0 Å². The number of hydrogen-bond acceptors (Lipinski definition) is 6. The molecule has 0 saturated carbocycles. The van der Waals surface area contributed by atoms with E-state index in [4.69, 9.17) is 14.2 Å². The number of hydrogen-bond donors (Lipinski definition) is 0. The van der Waals surface area contributed by atoms with Gasteiger partial charge in [0.05, 0.1) is 0 Å². The smallest absolute Gasteiger partial charge is 0.306 e. The standard InChI is InChI=1S/C60H102O6/c1-4-7-10-13-16-18-20-21-22-23-24-25-26-27-28-29-30-31-32-33-34-35-36-37-38-39-41-42-44-47-50-53-59(62)65-56-57(55-64-58(61)52-49-46-15-12-9-6-3)66-60(63)54-51-48-45-43-40-19-17-14-11-8-5-2/h7,10,16,18,21-22,24-25,27-28,30-31,33-34,57H,4-6,8-9,11-15,17,19-20,23,26,29,32,35-56H2,1-3H3/b10-7-,18-16-,22-21-,25-24-,28-27-,31-30-,34-33-. The molecule has 0 N–H and O–H groups in total. The van der Waals surface area contributed by atoms with E-state index in [2.05, 4.69) is 106 Å². The van der Waals surface area contributed by atoms with Crippen LogP contribution in [0.15, 0.2) is 85.1 Å². The molecule has 0 aromatic carbocycles. The van der Waals surface area contributed by atoms with Gasteiger partial charge in [0.15, 0.2) is 6.10 Å². The Kier molecular flexibility index (Phi) is 51.4. The van der Waals surface area contributed by atoms with Gasteiger partial charge in [0.2, 0.25) is 0 Å². The summed E-state index contributed by atoms with van der Waals surface area (Å²) in [5, 5.41) is 0. The molecular weight excluding hydrogens is 817 g/mol. The lowest BCUT2D eigenvalue weighted by molar-refractivity contribution is -0.167. The van der Waals surface area contributed by atoms with Crippen LogP contribution in [-0.4, -0.2) is 37.2 Å². The number of carbonyl (C=O) groups excluding carboxylic acids is 3. The lowest BCUT2D eigenvalue weighted by atomic mass is 10.1. The van der Waals surface area contributed by atoms with E-state index in [0.29, 0.717) is 19.3 Å².